The van der Waals surface area contributed by atoms with E-state index >= 15 is 0 Å². The van der Waals surface area contributed by atoms with Crippen LogP contribution in [0.1, 0.15) is 25.8 Å². The Morgan fingerprint density at radius 2 is 1.73 bits per heavy atom. The Balaban J connectivity index is 1.93. The lowest BCUT2D eigenvalue weighted by Crippen LogP contribution is -2.53. The highest BCUT2D eigenvalue weighted by Gasteiger charge is 2.56. The Hall–Kier alpha value is -2.51. The summed E-state index contributed by atoms with van der Waals surface area (Å²) in [6.45, 7) is 2.45. The van der Waals surface area contributed by atoms with E-state index in [0.29, 0.717) is 27.0 Å². The number of fused-ring (bicyclic) bond motifs is 1. The van der Waals surface area contributed by atoms with E-state index in [4.69, 9.17) is 11.6 Å². The zero-order valence-electron chi connectivity index (χ0n) is 16.5. The number of hydrogen-bond donors (Lipinski definition) is 3. The largest absolute Gasteiger partial charge is 0.418 e. The first-order valence-electron chi connectivity index (χ1n) is 9.33. The molecule has 3 N–H and O–H groups in total. The zero-order valence-corrected chi connectivity index (χ0v) is 17.2. The number of alkyl halides is 3. The van der Waals surface area contributed by atoms with Crippen LogP contribution in [0.4, 0.5) is 18.9 Å². The molecule has 8 heteroatoms. The Morgan fingerprint density at radius 3 is 2.40 bits per heavy atom. The molecule has 1 aromatic heterocycles. The van der Waals surface area contributed by atoms with Crippen LogP contribution in [0.5, 0.6) is 0 Å². The molecule has 4 nitrogen and oxygen atoms in total. The van der Waals surface area contributed by atoms with E-state index in [-0.39, 0.29) is 5.56 Å². The molecule has 0 aliphatic carbocycles. The van der Waals surface area contributed by atoms with Crippen molar-refractivity contribution in [2.45, 2.75) is 37.5 Å². The van der Waals surface area contributed by atoms with E-state index in [9.17, 15) is 23.1 Å². The molecule has 0 radical (unpaired) electrons. The van der Waals surface area contributed by atoms with E-state index in [1.807, 2.05) is 0 Å². The van der Waals surface area contributed by atoms with E-state index in [0.717, 1.165) is 0 Å². The lowest BCUT2D eigenvalue weighted by molar-refractivity contribution is -0.260. The van der Waals surface area contributed by atoms with Crippen LogP contribution >= 0.6 is 11.6 Å². The van der Waals surface area contributed by atoms with Crippen molar-refractivity contribution in [2.75, 3.05) is 11.9 Å². The maximum atomic E-state index is 14.0. The van der Waals surface area contributed by atoms with Crippen molar-refractivity contribution in [3.8, 4) is 0 Å². The molecule has 1 heterocycles. The second-order valence-electron chi connectivity index (χ2n) is 8.00. The van der Waals surface area contributed by atoms with Crippen LogP contribution in [-0.4, -0.2) is 28.4 Å². The van der Waals surface area contributed by atoms with Gasteiger partial charge in [-0.05, 0) is 41.7 Å². The van der Waals surface area contributed by atoms with Gasteiger partial charge < -0.3 is 15.4 Å². The van der Waals surface area contributed by atoms with Crippen LogP contribution in [0, 0.1) is 0 Å². The standard InChI is InChI=1S/C22H22ClF3N2O2/c1-20(2,16-7-3-4-8-17(16)23)12-21(30,22(24,25)26)13-28-18-9-5-6-15-14(18)10-11-27-19(15)29/h3-11,28,30H,12-13H2,1-2H3,(H,27,29). The molecule has 0 aliphatic rings. The zero-order chi connectivity index (χ0) is 22.2. The van der Waals surface area contributed by atoms with Gasteiger partial charge in [0.1, 0.15) is 0 Å². The van der Waals surface area contributed by atoms with Crippen LogP contribution in [0.15, 0.2) is 59.5 Å². The molecule has 0 saturated carbocycles. The number of nitrogens with one attached hydrogen (secondary N) is 2. The van der Waals surface area contributed by atoms with Gasteiger partial charge >= 0.3 is 6.18 Å². The van der Waals surface area contributed by atoms with Gasteiger partial charge in [-0.15, -0.1) is 0 Å². The fraction of sp³-hybridized carbons (Fsp3) is 0.318. The van der Waals surface area contributed by atoms with Crippen molar-refractivity contribution >= 4 is 28.1 Å². The van der Waals surface area contributed by atoms with Crippen molar-refractivity contribution in [1.82, 2.24) is 4.98 Å². The number of rotatable bonds is 6. The fourth-order valence-electron chi connectivity index (χ4n) is 3.72. The minimum atomic E-state index is -4.89. The van der Waals surface area contributed by atoms with E-state index < -0.39 is 30.2 Å². The van der Waals surface area contributed by atoms with Gasteiger partial charge in [0.05, 0.1) is 6.54 Å². The molecule has 3 rings (SSSR count). The number of H-pyrrole nitrogens is 1. The molecule has 0 fully saturated rings. The van der Waals surface area contributed by atoms with Crippen LogP contribution in [0.3, 0.4) is 0 Å². The summed E-state index contributed by atoms with van der Waals surface area (Å²) < 4.78 is 41.9. The summed E-state index contributed by atoms with van der Waals surface area (Å²) in [5.41, 5.74) is -3.58. The Morgan fingerprint density at radius 1 is 1.03 bits per heavy atom. The number of benzene rings is 2. The summed E-state index contributed by atoms with van der Waals surface area (Å²) >= 11 is 6.19. The highest BCUT2D eigenvalue weighted by molar-refractivity contribution is 6.31. The van der Waals surface area contributed by atoms with E-state index in [1.165, 1.54) is 6.20 Å². The topological polar surface area (TPSA) is 65.1 Å². The molecular formula is C22H22ClF3N2O2. The molecule has 1 atom stereocenters. The van der Waals surface area contributed by atoms with Crippen LogP contribution in [0.25, 0.3) is 10.8 Å². The first-order valence-corrected chi connectivity index (χ1v) is 9.71. The van der Waals surface area contributed by atoms with Gasteiger partial charge in [0, 0.05) is 27.7 Å². The third-order valence-electron chi connectivity index (χ3n) is 5.25. The predicted molar refractivity (Wildman–Crippen MR) is 113 cm³/mol. The van der Waals surface area contributed by atoms with Crippen LogP contribution < -0.4 is 10.9 Å². The van der Waals surface area contributed by atoms with Crippen molar-refractivity contribution in [3.05, 3.63) is 75.7 Å². The summed E-state index contributed by atoms with van der Waals surface area (Å²) in [6.07, 6.45) is -4.07. The highest BCUT2D eigenvalue weighted by atomic mass is 35.5. The number of hydrogen-bond acceptors (Lipinski definition) is 3. The number of pyridine rings is 1. The first-order chi connectivity index (χ1) is 13.9. The monoisotopic (exact) mass is 438 g/mol. The molecule has 30 heavy (non-hydrogen) atoms. The lowest BCUT2D eigenvalue weighted by atomic mass is 9.74. The highest BCUT2D eigenvalue weighted by Crippen LogP contribution is 2.43. The number of anilines is 1. The average Bonchev–Trinajstić information content (AvgIpc) is 2.66. The molecular weight excluding hydrogens is 417 g/mol. The number of halogens is 4. The van der Waals surface area contributed by atoms with Crippen molar-refractivity contribution < 1.29 is 18.3 Å². The van der Waals surface area contributed by atoms with Gasteiger partial charge in [-0.3, -0.25) is 4.79 Å². The second kappa shape index (κ2) is 7.96. The van der Waals surface area contributed by atoms with Gasteiger partial charge in [-0.1, -0.05) is 49.7 Å². The SMILES string of the molecule is CC(C)(CC(O)(CNc1cccc2c(=O)[nH]ccc12)C(F)(F)F)c1ccccc1Cl. The first kappa shape index (κ1) is 22.2. The van der Waals surface area contributed by atoms with Gasteiger partial charge in [-0.25, -0.2) is 0 Å². The second-order valence-corrected chi connectivity index (χ2v) is 8.40. The van der Waals surface area contributed by atoms with E-state index in [1.54, 1.807) is 62.4 Å². The number of aliphatic hydroxyl groups is 1. The smallest absolute Gasteiger partial charge is 0.381 e. The van der Waals surface area contributed by atoms with Crippen LogP contribution in [0.2, 0.25) is 5.02 Å². The van der Waals surface area contributed by atoms with Crippen molar-refractivity contribution in [2.24, 2.45) is 0 Å². The summed E-state index contributed by atoms with van der Waals surface area (Å²) in [7, 11) is 0. The Labute approximate surface area is 176 Å². The van der Waals surface area contributed by atoms with Gasteiger partial charge in [0.15, 0.2) is 5.60 Å². The third-order valence-corrected chi connectivity index (χ3v) is 5.58. The molecule has 0 spiro atoms. The summed E-state index contributed by atoms with van der Waals surface area (Å²) in [6, 6.07) is 13.0. The molecule has 160 valence electrons. The quantitative estimate of drug-likeness (QED) is 0.492. The van der Waals surface area contributed by atoms with Gasteiger partial charge in [0.2, 0.25) is 0 Å². The number of aromatic amines is 1. The summed E-state index contributed by atoms with van der Waals surface area (Å²) in [4.78, 5) is 14.5. The molecule has 1 unspecified atom stereocenters. The Kier molecular flexibility index (Phi) is 5.89. The molecule has 0 amide bonds. The third kappa shape index (κ3) is 4.32. The Bertz CT molecular complexity index is 1110. The normalized spacial score (nSPS) is 14.5. The maximum absolute atomic E-state index is 14.0. The van der Waals surface area contributed by atoms with Crippen molar-refractivity contribution in [1.29, 1.82) is 0 Å². The molecule has 3 aromatic rings. The predicted octanol–water partition coefficient (Wildman–Crippen LogP) is 5.25. The average molecular weight is 439 g/mol. The minimum Gasteiger partial charge on any atom is -0.381 e. The van der Waals surface area contributed by atoms with Crippen LogP contribution in [-0.2, 0) is 5.41 Å². The van der Waals surface area contributed by atoms with Gasteiger partial charge in [0.25, 0.3) is 5.56 Å². The van der Waals surface area contributed by atoms with E-state index in [2.05, 4.69) is 10.3 Å². The maximum Gasteiger partial charge on any atom is 0.418 e. The van der Waals surface area contributed by atoms with Gasteiger partial charge in [-0.2, -0.15) is 13.2 Å². The molecule has 0 aliphatic heterocycles. The molecule has 0 bridgehead atoms. The number of aromatic nitrogens is 1. The fourth-order valence-corrected chi connectivity index (χ4v) is 4.11. The summed E-state index contributed by atoms with van der Waals surface area (Å²) in [5, 5.41) is 14.6. The summed E-state index contributed by atoms with van der Waals surface area (Å²) in [5.74, 6) is 0. The van der Waals surface area contributed by atoms with Crippen molar-refractivity contribution in [3.63, 3.8) is 0 Å². The lowest BCUT2D eigenvalue weighted by Gasteiger charge is -2.38. The molecule has 0 saturated heterocycles. The minimum absolute atomic E-state index is 0.330. The molecule has 2 aromatic carbocycles.